The van der Waals surface area contributed by atoms with Crippen LogP contribution in [0.4, 0.5) is 0 Å². The Kier molecular flexibility index (Phi) is 2.85. The molecular weight excluding hydrogens is 206 g/mol. The monoisotopic (exact) mass is 233 g/mol. The van der Waals surface area contributed by atoms with Crippen LogP contribution in [0.15, 0.2) is 12.2 Å². The van der Waals surface area contributed by atoms with Gasteiger partial charge in [-0.15, -0.1) is 6.58 Å². The van der Waals surface area contributed by atoms with Gasteiger partial charge in [-0.3, -0.25) is 0 Å². The van der Waals surface area contributed by atoms with Gasteiger partial charge in [-0.25, -0.2) is 0 Å². The molecule has 1 nitrogen and oxygen atoms in total. The maximum Gasteiger partial charge on any atom is 0.0158 e. The second kappa shape index (κ2) is 4.12. The molecule has 0 radical (unpaired) electrons. The zero-order valence-corrected chi connectivity index (χ0v) is 11.5. The molecule has 0 saturated heterocycles. The molecule has 0 aliphatic heterocycles. The Balaban J connectivity index is 1.82. The van der Waals surface area contributed by atoms with E-state index in [9.17, 15) is 0 Å². The second-order valence-corrected chi connectivity index (χ2v) is 7.28. The lowest BCUT2D eigenvalue weighted by molar-refractivity contribution is -0.0724. The first-order valence-corrected chi connectivity index (χ1v) is 7.43. The predicted molar refractivity (Wildman–Crippen MR) is 72.9 cm³/mol. The highest BCUT2D eigenvalue weighted by atomic mass is 14.9. The molecule has 1 heteroatoms. The van der Waals surface area contributed by atoms with E-state index in [0.717, 1.165) is 17.8 Å². The highest BCUT2D eigenvalue weighted by molar-refractivity contribution is 5.08. The zero-order chi connectivity index (χ0) is 12.0. The summed E-state index contributed by atoms with van der Waals surface area (Å²) in [7, 11) is 2.16. The quantitative estimate of drug-likeness (QED) is 0.729. The van der Waals surface area contributed by atoms with Gasteiger partial charge in [0.15, 0.2) is 0 Å². The van der Waals surface area contributed by atoms with Crippen LogP contribution < -0.4 is 5.32 Å². The minimum atomic E-state index is 0.627. The van der Waals surface area contributed by atoms with Gasteiger partial charge < -0.3 is 5.32 Å². The summed E-state index contributed by atoms with van der Waals surface area (Å²) in [5.74, 6) is 3.17. The van der Waals surface area contributed by atoms with E-state index in [1.165, 1.54) is 31.3 Å². The third-order valence-electron chi connectivity index (χ3n) is 5.73. The normalized spacial score (nSPS) is 44.9. The Morgan fingerprint density at radius 3 is 2.00 bits per heavy atom. The van der Waals surface area contributed by atoms with Crippen molar-refractivity contribution in [2.45, 2.75) is 57.9 Å². The van der Waals surface area contributed by atoms with E-state index in [1.807, 2.05) is 0 Å². The topological polar surface area (TPSA) is 12.0 Å². The Morgan fingerprint density at radius 1 is 1.18 bits per heavy atom. The van der Waals surface area contributed by atoms with Crippen LogP contribution in [-0.4, -0.2) is 13.1 Å². The molecule has 4 fully saturated rings. The fourth-order valence-electron chi connectivity index (χ4n) is 5.58. The summed E-state index contributed by atoms with van der Waals surface area (Å²) >= 11 is 0. The number of rotatable bonds is 4. The van der Waals surface area contributed by atoms with Crippen molar-refractivity contribution in [1.29, 1.82) is 0 Å². The van der Waals surface area contributed by atoms with Gasteiger partial charge in [-0.2, -0.15) is 0 Å². The van der Waals surface area contributed by atoms with Crippen LogP contribution in [0, 0.1) is 23.2 Å². The van der Waals surface area contributed by atoms with Crippen molar-refractivity contribution in [1.82, 2.24) is 5.32 Å². The van der Waals surface area contributed by atoms with Crippen molar-refractivity contribution in [2.75, 3.05) is 7.05 Å². The summed E-state index contributed by atoms with van der Waals surface area (Å²) in [5, 5.41) is 3.63. The van der Waals surface area contributed by atoms with Crippen LogP contribution >= 0.6 is 0 Å². The lowest BCUT2D eigenvalue weighted by Gasteiger charge is -2.59. The van der Waals surface area contributed by atoms with Crippen molar-refractivity contribution in [3.05, 3.63) is 12.2 Å². The van der Waals surface area contributed by atoms with Crippen LogP contribution in [0.1, 0.15) is 51.9 Å². The van der Waals surface area contributed by atoms with E-state index >= 15 is 0 Å². The molecule has 0 amide bonds. The molecule has 1 unspecified atom stereocenters. The van der Waals surface area contributed by atoms with Crippen molar-refractivity contribution in [3.8, 4) is 0 Å². The van der Waals surface area contributed by atoms with Gasteiger partial charge in [0, 0.05) is 6.04 Å². The van der Waals surface area contributed by atoms with Crippen molar-refractivity contribution < 1.29 is 0 Å². The highest BCUT2D eigenvalue weighted by Gasteiger charge is 2.53. The van der Waals surface area contributed by atoms with Crippen LogP contribution in [-0.2, 0) is 0 Å². The van der Waals surface area contributed by atoms with Gasteiger partial charge in [-0.05, 0) is 82.1 Å². The predicted octanol–water partition coefficient (Wildman–Crippen LogP) is 3.76. The minimum Gasteiger partial charge on any atom is -0.316 e. The van der Waals surface area contributed by atoms with E-state index in [1.54, 1.807) is 19.3 Å². The maximum absolute atomic E-state index is 4.13. The van der Waals surface area contributed by atoms with Gasteiger partial charge in [0.2, 0.25) is 0 Å². The fourth-order valence-corrected chi connectivity index (χ4v) is 5.58. The maximum atomic E-state index is 4.13. The highest BCUT2D eigenvalue weighted by Crippen LogP contribution is 2.61. The van der Waals surface area contributed by atoms with Crippen LogP contribution in [0.2, 0.25) is 0 Å². The molecule has 0 aromatic carbocycles. The first-order valence-electron chi connectivity index (χ1n) is 7.43. The second-order valence-electron chi connectivity index (χ2n) is 7.28. The van der Waals surface area contributed by atoms with E-state index in [0.29, 0.717) is 11.5 Å². The summed E-state index contributed by atoms with van der Waals surface area (Å²) < 4.78 is 0. The van der Waals surface area contributed by atoms with Gasteiger partial charge in [0.1, 0.15) is 0 Å². The fraction of sp³-hybridized carbons (Fsp3) is 0.875. The molecule has 0 heterocycles. The van der Waals surface area contributed by atoms with Gasteiger partial charge in [0.25, 0.3) is 0 Å². The number of hydrogen-bond donors (Lipinski definition) is 1. The molecule has 96 valence electrons. The number of hydrogen-bond acceptors (Lipinski definition) is 1. The van der Waals surface area contributed by atoms with E-state index in [-0.39, 0.29) is 0 Å². The third-order valence-corrected chi connectivity index (χ3v) is 5.73. The summed E-state index contributed by atoms with van der Waals surface area (Å²) in [6.45, 7) is 6.32. The van der Waals surface area contributed by atoms with Crippen molar-refractivity contribution >= 4 is 0 Å². The van der Waals surface area contributed by atoms with Gasteiger partial charge in [0.05, 0.1) is 0 Å². The lowest BCUT2D eigenvalue weighted by atomic mass is 9.47. The Labute approximate surface area is 106 Å². The average molecular weight is 233 g/mol. The molecule has 1 atom stereocenters. The summed E-state index contributed by atoms with van der Waals surface area (Å²) in [6, 6.07) is 0.688. The van der Waals surface area contributed by atoms with Crippen LogP contribution in [0.5, 0.6) is 0 Å². The molecule has 0 aromatic heterocycles. The zero-order valence-electron chi connectivity index (χ0n) is 11.5. The SMILES string of the molecule is C=C(C)CC(NC)C12CC3CC(CC(C3)C1)C2. The molecule has 4 saturated carbocycles. The Hall–Kier alpha value is -0.300. The minimum absolute atomic E-state index is 0.627. The molecule has 1 N–H and O–H groups in total. The summed E-state index contributed by atoms with van der Waals surface area (Å²) in [4.78, 5) is 0. The smallest absolute Gasteiger partial charge is 0.0158 e. The molecule has 0 spiro atoms. The van der Waals surface area contributed by atoms with E-state index in [2.05, 4.69) is 25.9 Å². The summed E-state index contributed by atoms with van der Waals surface area (Å²) in [6.07, 6.45) is 10.3. The van der Waals surface area contributed by atoms with Crippen molar-refractivity contribution in [3.63, 3.8) is 0 Å². The molecular formula is C16H27N. The molecule has 0 aromatic rings. The first kappa shape index (κ1) is 11.8. The Morgan fingerprint density at radius 2 is 1.65 bits per heavy atom. The van der Waals surface area contributed by atoms with Crippen LogP contribution in [0.25, 0.3) is 0 Å². The molecule has 4 aliphatic rings. The standard InChI is InChI=1S/C16H27N/c1-11(2)4-15(17-3)16-8-12-5-13(9-16)7-14(6-12)10-16/h12-15,17H,1,4-10H2,2-3H3. The van der Waals surface area contributed by atoms with E-state index < -0.39 is 0 Å². The molecule has 4 rings (SSSR count). The lowest BCUT2D eigenvalue weighted by Crippen LogP contribution is -2.55. The first-order chi connectivity index (χ1) is 8.11. The largest absolute Gasteiger partial charge is 0.316 e. The van der Waals surface area contributed by atoms with Gasteiger partial charge >= 0.3 is 0 Å². The van der Waals surface area contributed by atoms with Crippen LogP contribution in [0.3, 0.4) is 0 Å². The Bertz CT molecular complexity index is 282. The van der Waals surface area contributed by atoms with E-state index in [4.69, 9.17) is 0 Å². The number of nitrogens with one attached hydrogen (secondary N) is 1. The summed E-state index contributed by atoms with van der Waals surface area (Å²) in [5.41, 5.74) is 1.97. The third kappa shape index (κ3) is 1.97. The molecule has 4 bridgehead atoms. The average Bonchev–Trinajstić information content (AvgIpc) is 2.23. The molecule has 4 aliphatic carbocycles. The molecule has 17 heavy (non-hydrogen) atoms. The van der Waals surface area contributed by atoms with Gasteiger partial charge in [-0.1, -0.05) is 5.57 Å². The van der Waals surface area contributed by atoms with Crippen molar-refractivity contribution in [2.24, 2.45) is 23.2 Å².